The molecule has 0 saturated carbocycles. The van der Waals surface area contributed by atoms with Crippen LogP contribution in [0.2, 0.25) is 0 Å². The number of nitrogens with one attached hydrogen (secondary N) is 2. The van der Waals surface area contributed by atoms with Crippen LogP contribution in [0.3, 0.4) is 0 Å². The van der Waals surface area contributed by atoms with E-state index in [0.29, 0.717) is 6.04 Å². The van der Waals surface area contributed by atoms with Crippen molar-refractivity contribution in [3.05, 3.63) is 65.7 Å². The number of benzene rings is 2. The Morgan fingerprint density at radius 1 is 0.947 bits per heavy atom. The van der Waals surface area contributed by atoms with Crippen molar-refractivity contribution in [3.8, 4) is 0 Å². The first-order valence-electron chi connectivity index (χ1n) is 7.01. The maximum atomic E-state index is 3.67. The third-order valence-electron chi connectivity index (χ3n) is 3.71. The summed E-state index contributed by atoms with van der Waals surface area (Å²) in [7, 11) is 0. The van der Waals surface area contributed by atoms with Crippen molar-refractivity contribution in [1.82, 2.24) is 5.32 Å². The fraction of sp³-hybridized carbons (Fsp3) is 0.294. The van der Waals surface area contributed by atoms with Crippen molar-refractivity contribution in [1.29, 1.82) is 0 Å². The van der Waals surface area contributed by atoms with E-state index >= 15 is 0 Å². The molecule has 3 rings (SSSR count). The topological polar surface area (TPSA) is 24.1 Å². The Balaban J connectivity index is 1.63. The van der Waals surface area contributed by atoms with Crippen molar-refractivity contribution in [2.45, 2.75) is 25.4 Å². The number of rotatable bonds is 3. The summed E-state index contributed by atoms with van der Waals surface area (Å²) in [6.07, 6.45) is 2.29. The van der Waals surface area contributed by atoms with Gasteiger partial charge in [0.15, 0.2) is 0 Å². The summed E-state index contributed by atoms with van der Waals surface area (Å²) in [6.45, 7) is 1.99. The van der Waals surface area contributed by atoms with Gasteiger partial charge in [0.25, 0.3) is 0 Å². The molecular formula is C17H20N2. The lowest BCUT2D eigenvalue weighted by Crippen LogP contribution is -2.30. The van der Waals surface area contributed by atoms with E-state index in [0.717, 1.165) is 25.9 Å². The minimum Gasteiger partial charge on any atom is -0.381 e. The lowest BCUT2D eigenvalue weighted by atomic mass is 10.1. The van der Waals surface area contributed by atoms with E-state index in [1.165, 1.54) is 16.8 Å². The second-order valence-electron chi connectivity index (χ2n) is 5.15. The van der Waals surface area contributed by atoms with Crippen LogP contribution in [0.1, 0.15) is 17.5 Å². The molecule has 2 N–H and O–H groups in total. The van der Waals surface area contributed by atoms with Crippen LogP contribution in [0.5, 0.6) is 0 Å². The maximum Gasteiger partial charge on any atom is 0.0389 e. The zero-order chi connectivity index (χ0) is 12.9. The molecule has 2 heteroatoms. The second-order valence-corrected chi connectivity index (χ2v) is 5.15. The van der Waals surface area contributed by atoms with Crippen molar-refractivity contribution in [3.63, 3.8) is 0 Å². The lowest BCUT2D eigenvalue weighted by molar-refractivity contribution is 0.585. The van der Waals surface area contributed by atoms with E-state index in [2.05, 4.69) is 65.2 Å². The normalized spacial score (nSPS) is 18.2. The molecule has 0 radical (unpaired) electrons. The zero-order valence-corrected chi connectivity index (χ0v) is 11.1. The summed E-state index contributed by atoms with van der Waals surface area (Å²) in [5, 5.41) is 7.19. The molecule has 0 amide bonds. The van der Waals surface area contributed by atoms with Gasteiger partial charge in [0, 0.05) is 24.8 Å². The van der Waals surface area contributed by atoms with Gasteiger partial charge >= 0.3 is 0 Å². The Bertz CT molecular complexity index is 522. The first-order chi connectivity index (χ1) is 9.42. The minimum atomic E-state index is 0.504. The van der Waals surface area contributed by atoms with Gasteiger partial charge in [-0.2, -0.15) is 0 Å². The highest BCUT2D eigenvalue weighted by atomic mass is 15.0. The van der Waals surface area contributed by atoms with Crippen molar-refractivity contribution in [2.75, 3.05) is 11.9 Å². The molecular weight excluding hydrogens is 232 g/mol. The van der Waals surface area contributed by atoms with Gasteiger partial charge in [0.05, 0.1) is 0 Å². The van der Waals surface area contributed by atoms with E-state index in [4.69, 9.17) is 0 Å². The number of hydrogen-bond donors (Lipinski definition) is 2. The second kappa shape index (κ2) is 5.89. The van der Waals surface area contributed by atoms with Gasteiger partial charge < -0.3 is 10.6 Å². The van der Waals surface area contributed by atoms with E-state index in [1.807, 2.05) is 0 Å². The summed E-state index contributed by atoms with van der Waals surface area (Å²) in [6, 6.07) is 19.8. The molecule has 98 valence electrons. The number of anilines is 1. The van der Waals surface area contributed by atoms with Crippen LogP contribution in [-0.4, -0.2) is 12.6 Å². The molecule has 1 aliphatic rings. The van der Waals surface area contributed by atoms with E-state index in [-0.39, 0.29) is 0 Å². The first-order valence-corrected chi connectivity index (χ1v) is 7.01. The molecule has 1 heterocycles. The Labute approximate surface area is 114 Å². The fourth-order valence-electron chi connectivity index (χ4n) is 2.63. The highest BCUT2D eigenvalue weighted by molar-refractivity contribution is 5.52. The quantitative estimate of drug-likeness (QED) is 0.876. The number of para-hydroxylation sites is 1. The predicted molar refractivity (Wildman–Crippen MR) is 80.3 cm³/mol. The van der Waals surface area contributed by atoms with E-state index < -0.39 is 0 Å². The van der Waals surface area contributed by atoms with Gasteiger partial charge in [0.1, 0.15) is 0 Å². The lowest BCUT2D eigenvalue weighted by Gasteiger charge is -2.17. The molecule has 0 saturated heterocycles. The van der Waals surface area contributed by atoms with Gasteiger partial charge in [-0.1, -0.05) is 48.5 Å². The first kappa shape index (κ1) is 12.2. The largest absolute Gasteiger partial charge is 0.381 e. The molecule has 0 fully saturated rings. The van der Waals surface area contributed by atoms with Crippen molar-refractivity contribution in [2.24, 2.45) is 0 Å². The van der Waals surface area contributed by atoms with Crippen LogP contribution < -0.4 is 10.6 Å². The van der Waals surface area contributed by atoms with Crippen LogP contribution >= 0.6 is 0 Å². The minimum absolute atomic E-state index is 0.504. The van der Waals surface area contributed by atoms with Crippen LogP contribution in [0.4, 0.5) is 5.69 Å². The summed E-state index contributed by atoms with van der Waals surface area (Å²) < 4.78 is 0. The van der Waals surface area contributed by atoms with Gasteiger partial charge in [-0.3, -0.25) is 0 Å². The Kier molecular flexibility index (Phi) is 3.80. The van der Waals surface area contributed by atoms with Crippen molar-refractivity contribution >= 4 is 5.69 Å². The van der Waals surface area contributed by atoms with Gasteiger partial charge in [-0.25, -0.2) is 0 Å². The van der Waals surface area contributed by atoms with Crippen LogP contribution in [0, 0.1) is 0 Å². The average Bonchev–Trinajstić information content (AvgIpc) is 2.68. The molecule has 0 bridgehead atoms. The molecule has 2 nitrogen and oxygen atoms in total. The van der Waals surface area contributed by atoms with Crippen LogP contribution in [-0.2, 0) is 13.0 Å². The van der Waals surface area contributed by atoms with E-state index in [1.54, 1.807) is 0 Å². The summed E-state index contributed by atoms with van der Waals surface area (Å²) in [5.41, 5.74) is 4.07. The predicted octanol–water partition coefficient (Wildman–Crippen LogP) is 3.20. The van der Waals surface area contributed by atoms with Gasteiger partial charge in [-0.15, -0.1) is 0 Å². The Hall–Kier alpha value is -1.80. The van der Waals surface area contributed by atoms with Crippen LogP contribution in [0.25, 0.3) is 0 Å². The van der Waals surface area contributed by atoms with Gasteiger partial charge in [0.2, 0.25) is 0 Å². The highest BCUT2D eigenvalue weighted by Gasteiger charge is 2.14. The fourth-order valence-corrected chi connectivity index (χ4v) is 2.63. The standard InChI is InChI=1S/C17H20N2/c1-2-6-14(7-3-1)10-11-16-13-18-12-15-8-4-5-9-17(15)19-16/h1-9,16,18-19H,10-13H2/t16-/m1/s1. The molecule has 0 aromatic heterocycles. The molecule has 0 unspecified atom stereocenters. The van der Waals surface area contributed by atoms with Crippen LogP contribution in [0.15, 0.2) is 54.6 Å². The zero-order valence-electron chi connectivity index (χ0n) is 11.1. The number of fused-ring (bicyclic) bond motifs is 1. The molecule has 19 heavy (non-hydrogen) atoms. The smallest absolute Gasteiger partial charge is 0.0389 e. The molecule has 2 aromatic carbocycles. The summed E-state index contributed by atoms with van der Waals surface area (Å²) in [5.74, 6) is 0. The highest BCUT2D eigenvalue weighted by Crippen LogP contribution is 2.19. The number of hydrogen-bond acceptors (Lipinski definition) is 2. The van der Waals surface area contributed by atoms with Crippen molar-refractivity contribution < 1.29 is 0 Å². The maximum absolute atomic E-state index is 3.67. The van der Waals surface area contributed by atoms with E-state index in [9.17, 15) is 0 Å². The molecule has 1 atom stereocenters. The molecule has 1 aliphatic heterocycles. The SMILES string of the molecule is c1ccc(CC[C@@H]2CNCc3ccccc3N2)cc1. The third-order valence-corrected chi connectivity index (χ3v) is 3.71. The molecule has 0 aliphatic carbocycles. The third kappa shape index (κ3) is 3.15. The monoisotopic (exact) mass is 252 g/mol. The Morgan fingerprint density at radius 2 is 1.74 bits per heavy atom. The number of aryl methyl sites for hydroxylation is 1. The van der Waals surface area contributed by atoms with Gasteiger partial charge in [-0.05, 0) is 30.0 Å². The molecule has 2 aromatic rings. The molecule has 0 spiro atoms. The summed E-state index contributed by atoms with van der Waals surface area (Å²) in [4.78, 5) is 0. The average molecular weight is 252 g/mol. The summed E-state index contributed by atoms with van der Waals surface area (Å²) >= 11 is 0. The Morgan fingerprint density at radius 3 is 2.63 bits per heavy atom.